The number of fused-ring (bicyclic) bond motifs is 1. The topological polar surface area (TPSA) is 158 Å². The van der Waals surface area contributed by atoms with Crippen LogP contribution in [-0.4, -0.2) is 108 Å². The minimum atomic E-state index is -1.38. The van der Waals surface area contributed by atoms with Gasteiger partial charge in [-0.25, -0.2) is 0 Å². The summed E-state index contributed by atoms with van der Waals surface area (Å²) in [6.45, 7) is 18.6. The van der Waals surface area contributed by atoms with Gasteiger partial charge in [0.25, 0.3) is 0 Å². The van der Waals surface area contributed by atoms with E-state index < -0.39 is 77.1 Å². The minimum absolute atomic E-state index is 0.0761. The number of ketones is 2. The second kappa shape index (κ2) is 17.3. The van der Waals surface area contributed by atoms with Gasteiger partial charge in [0.15, 0.2) is 12.1 Å². The summed E-state index contributed by atoms with van der Waals surface area (Å²) in [5.41, 5.74) is -0.812. The molecule has 1 aromatic rings. The van der Waals surface area contributed by atoms with Gasteiger partial charge in [-0.3, -0.25) is 19.4 Å². The van der Waals surface area contributed by atoms with E-state index >= 15 is 0 Å². The van der Waals surface area contributed by atoms with Crippen LogP contribution in [0.5, 0.6) is 0 Å². The number of carbonyl (C=O) groups is 3. The van der Waals surface area contributed by atoms with Gasteiger partial charge in [0.2, 0.25) is 0 Å². The van der Waals surface area contributed by atoms with Crippen molar-refractivity contribution in [2.75, 3.05) is 27.3 Å². The highest BCUT2D eigenvalue weighted by Gasteiger charge is 2.55. The van der Waals surface area contributed by atoms with Crippen LogP contribution in [0.15, 0.2) is 30.6 Å². The molecule has 1 aromatic heterocycles. The van der Waals surface area contributed by atoms with Gasteiger partial charge in [0, 0.05) is 47.7 Å². The first-order valence-corrected chi connectivity index (χ1v) is 18.6. The lowest BCUT2D eigenvalue weighted by molar-refractivity contribution is -0.296. The second-order valence-corrected chi connectivity index (χ2v) is 15.8. The van der Waals surface area contributed by atoms with Crippen molar-refractivity contribution in [1.82, 2.24) is 9.88 Å². The smallest absolute Gasteiger partial charge is 0.316 e. The van der Waals surface area contributed by atoms with Crippen molar-refractivity contribution in [2.24, 2.45) is 29.6 Å². The second-order valence-electron chi connectivity index (χ2n) is 15.8. The molecule has 1 N–H and O–H groups in total. The predicted octanol–water partition coefficient (Wildman–Crippen LogP) is 4.26. The number of aliphatic hydroxyl groups is 1. The number of hydrogen-bond acceptors (Lipinski definition) is 12. The third-order valence-corrected chi connectivity index (χ3v) is 11.5. The van der Waals surface area contributed by atoms with E-state index in [0.717, 1.165) is 5.57 Å². The quantitative estimate of drug-likeness (QED) is 0.192. The number of esters is 1. The molecule has 12 nitrogen and oxygen atoms in total. The number of aromatic nitrogens is 1. The van der Waals surface area contributed by atoms with Crippen LogP contribution in [0.4, 0.5) is 0 Å². The third-order valence-electron chi connectivity index (χ3n) is 11.5. The first kappa shape index (κ1) is 42.3. The van der Waals surface area contributed by atoms with Crippen LogP contribution in [0.2, 0.25) is 0 Å². The molecule has 0 spiro atoms. The molecule has 0 bridgehead atoms. The first-order valence-electron chi connectivity index (χ1n) is 18.6. The van der Waals surface area contributed by atoms with Gasteiger partial charge >= 0.3 is 5.97 Å². The van der Waals surface area contributed by atoms with E-state index in [9.17, 15) is 24.8 Å². The zero-order valence-corrected chi connectivity index (χ0v) is 32.9. The largest absolute Gasteiger partial charge is 0.459 e. The molecule has 12 heteroatoms. The van der Waals surface area contributed by atoms with Crippen LogP contribution in [0.3, 0.4) is 0 Å². The molecule has 4 rings (SSSR count). The van der Waals surface area contributed by atoms with Crippen LogP contribution in [-0.2, 0) is 38.1 Å². The number of nitriles is 1. The molecule has 0 amide bonds. The van der Waals surface area contributed by atoms with Crippen molar-refractivity contribution >= 4 is 17.5 Å². The Balaban J connectivity index is 1.82. The monoisotopic (exact) mass is 735 g/mol. The standard InChI is InChI=1S/C41H57N3O9/c1-12-32-41(9)33(24(3)22-50-41)26(5)34(45)23(2)18-40(8,49-15-13-14-29-17-30(19-42)21-43-20-29)37(27(6)35(46)28(7)38(48)52-32)53-39-36(47)31(44(10)11)16-25(4)51-39/h17,20-21,23,25-28,31-33,36-37,39,47H,3,12,15-16,18,22H2,1-2,4-11H3/t23?,25-,26?,27-,28+,31?,32?,33?,36-,37+,39+,40?,41+/m0/s1. The van der Waals surface area contributed by atoms with Crippen LogP contribution in [0, 0.1) is 52.8 Å². The van der Waals surface area contributed by atoms with Crippen molar-refractivity contribution in [3.8, 4) is 17.9 Å². The molecule has 13 atom stereocenters. The van der Waals surface area contributed by atoms with Crippen LogP contribution < -0.4 is 0 Å². The Morgan fingerprint density at radius 3 is 2.40 bits per heavy atom. The molecule has 290 valence electrons. The van der Waals surface area contributed by atoms with Gasteiger partial charge in [0.05, 0.1) is 30.0 Å². The Hall–Kier alpha value is -3.49. The van der Waals surface area contributed by atoms with E-state index in [1.807, 2.05) is 59.7 Å². The van der Waals surface area contributed by atoms with Crippen molar-refractivity contribution < 1.29 is 43.2 Å². The van der Waals surface area contributed by atoms with E-state index in [0.29, 0.717) is 24.0 Å². The number of rotatable bonds is 6. The maximum absolute atomic E-state index is 14.5. The maximum atomic E-state index is 14.5. The van der Waals surface area contributed by atoms with Gasteiger partial charge in [-0.05, 0) is 72.7 Å². The summed E-state index contributed by atoms with van der Waals surface area (Å²) in [7, 11) is 3.73. The predicted molar refractivity (Wildman–Crippen MR) is 196 cm³/mol. The highest BCUT2D eigenvalue weighted by Crippen LogP contribution is 2.46. The number of aliphatic hydroxyl groups excluding tert-OH is 1. The summed E-state index contributed by atoms with van der Waals surface area (Å²) in [6, 6.07) is 3.35. The number of pyridine rings is 1. The third kappa shape index (κ3) is 9.08. The lowest BCUT2D eigenvalue weighted by Crippen LogP contribution is -2.59. The number of hydrogen-bond donors (Lipinski definition) is 1. The number of likely N-dealkylation sites (N-methyl/N-ethyl adjacent to an activating group) is 1. The molecule has 0 saturated carbocycles. The zero-order valence-electron chi connectivity index (χ0n) is 32.9. The van der Waals surface area contributed by atoms with Crippen molar-refractivity contribution in [3.63, 3.8) is 0 Å². The molecular formula is C41H57N3O9. The fourth-order valence-corrected chi connectivity index (χ4v) is 8.56. The summed E-state index contributed by atoms with van der Waals surface area (Å²) < 4.78 is 31.8. The van der Waals surface area contributed by atoms with Crippen molar-refractivity contribution in [1.29, 1.82) is 5.26 Å². The highest BCUT2D eigenvalue weighted by atomic mass is 16.7. The summed E-state index contributed by atoms with van der Waals surface area (Å²) in [4.78, 5) is 48.6. The fourth-order valence-electron chi connectivity index (χ4n) is 8.56. The SMILES string of the molecule is C=C1CO[C@]2(C)C(CC)OC(=O)[C@H](C)C(=O)[C@H](C)[C@@H](O[C@H]3O[C@@H](C)CC(N(C)C)[C@@H]3O)C(C)(OCC#Cc3cncc(C#N)c3)CC(C)C(=O)C(C)C12. The molecule has 53 heavy (non-hydrogen) atoms. The number of Topliss-reactive ketones (excluding diaryl/α,β-unsaturated/α-hetero) is 2. The summed E-state index contributed by atoms with van der Waals surface area (Å²) in [5, 5.41) is 20.8. The van der Waals surface area contributed by atoms with Crippen molar-refractivity contribution in [2.45, 2.75) is 123 Å². The van der Waals surface area contributed by atoms with Crippen LogP contribution in [0.25, 0.3) is 0 Å². The summed E-state index contributed by atoms with van der Waals surface area (Å²) in [5.74, 6) is 0.894. The molecule has 6 unspecified atom stereocenters. The molecule has 3 fully saturated rings. The number of nitrogens with zero attached hydrogens (tertiary/aromatic N) is 3. The van der Waals surface area contributed by atoms with Crippen molar-refractivity contribution in [3.05, 3.63) is 41.7 Å². The van der Waals surface area contributed by atoms with E-state index in [-0.39, 0.29) is 37.6 Å². The molecule has 3 aliphatic heterocycles. The van der Waals surface area contributed by atoms with Gasteiger partial charge in [0.1, 0.15) is 42.2 Å². The molecule has 4 heterocycles. The average Bonchev–Trinajstić information content (AvgIpc) is 3.44. The molecule has 0 aliphatic carbocycles. The summed E-state index contributed by atoms with van der Waals surface area (Å²) >= 11 is 0. The lowest BCUT2D eigenvalue weighted by atomic mass is 9.69. The van der Waals surface area contributed by atoms with E-state index in [2.05, 4.69) is 23.4 Å². The Morgan fingerprint density at radius 1 is 1.08 bits per heavy atom. The van der Waals surface area contributed by atoms with Gasteiger partial charge in [-0.15, -0.1) is 0 Å². The zero-order chi connectivity index (χ0) is 39.4. The Morgan fingerprint density at radius 2 is 1.75 bits per heavy atom. The first-order chi connectivity index (χ1) is 24.9. The highest BCUT2D eigenvalue weighted by molar-refractivity contribution is 6.00. The minimum Gasteiger partial charge on any atom is -0.459 e. The van der Waals surface area contributed by atoms with E-state index in [4.69, 9.17) is 23.7 Å². The normalized spacial score (nSPS) is 38.7. The Kier molecular flexibility index (Phi) is 13.8. The van der Waals surface area contributed by atoms with Gasteiger partial charge in [-0.2, -0.15) is 5.26 Å². The molecule has 0 aromatic carbocycles. The molecule has 0 radical (unpaired) electrons. The van der Waals surface area contributed by atoms with E-state index in [1.165, 1.54) is 19.3 Å². The van der Waals surface area contributed by atoms with Crippen LogP contribution >= 0.6 is 0 Å². The average molecular weight is 736 g/mol. The number of cyclic esters (lactones) is 1. The maximum Gasteiger partial charge on any atom is 0.316 e. The molecule has 3 saturated heterocycles. The summed E-state index contributed by atoms with van der Waals surface area (Å²) in [6.07, 6.45) is -0.347. The number of ether oxygens (including phenoxy) is 5. The lowest BCUT2D eigenvalue weighted by Gasteiger charge is -2.47. The fraction of sp³-hybridized carbons (Fsp3) is 0.683. The van der Waals surface area contributed by atoms with Gasteiger partial charge < -0.3 is 33.7 Å². The van der Waals surface area contributed by atoms with Gasteiger partial charge in [-0.1, -0.05) is 46.1 Å². The van der Waals surface area contributed by atoms with Crippen LogP contribution in [0.1, 0.15) is 85.8 Å². The van der Waals surface area contributed by atoms with E-state index in [1.54, 1.807) is 19.9 Å². The Labute approximate surface area is 314 Å². The molecule has 3 aliphatic rings. The Bertz CT molecular complexity index is 1630. The molecular weight excluding hydrogens is 678 g/mol. The number of carbonyl (C=O) groups excluding carboxylic acids is 3.